The maximum atomic E-state index is 11.7. The number of hydrogen-bond donors (Lipinski definition) is 0. The van der Waals surface area contributed by atoms with Crippen molar-refractivity contribution in [3.63, 3.8) is 0 Å². The van der Waals surface area contributed by atoms with Crippen molar-refractivity contribution >= 4 is 24.2 Å². The fraction of sp³-hybridized carbons (Fsp3) is 0.800. The Balaban J connectivity index is 2.70. The molecular weight excluding hydrogens is 315 g/mol. The molecule has 1 saturated carbocycles. The van der Waals surface area contributed by atoms with E-state index in [1.165, 1.54) is 3.59 Å². The molecule has 2 atom stereocenters. The summed E-state index contributed by atoms with van der Waals surface area (Å²) in [5.74, 6) is 2.50. The number of carbonyl (C=O) groups is 1. The maximum absolute atomic E-state index is 11.7. The molecule has 17 heavy (non-hydrogen) atoms. The third-order valence-electron chi connectivity index (χ3n) is 4.28. The number of rotatable bonds is 4. The van der Waals surface area contributed by atoms with Gasteiger partial charge in [0.15, 0.2) is 0 Å². The summed E-state index contributed by atoms with van der Waals surface area (Å²) in [6, 6.07) is 0. The van der Waals surface area contributed by atoms with Crippen LogP contribution in [-0.2, 0) is 4.79 Å². The molecule has 2 heteroatoms. The first-order valence-electron chi connectivity index (χ1n) is 6.91. The van der Waals surface area contributed by atoms with Crippen LogP contribution in [-0.4, -0.2) is 24.2 Å². The van der Waals surface area contributed by atoms with Crippen LogP contribution in [0.1, 0.15) is 39.5 Å². The Morgan fingerprint density at radius 2 is 2.00 bits per heavy atom. The molecule has 1 fully saturated rings. The fourth-order valence-corrected chi connectivity index (χ4v) is 5.33. The molecule has 0 unspecified atom stereocenters. The van der Waals surface area contributed by atoms with Gasteiger partial charge >= 0.3 is 111 Å². The Kier molecular flexibility index (Phi) is 5.30. The molecule has 0 aromatic carbocycles. The van der Waals surface area contributed by atoms with E-state index in [0.29, 0.717) is 17.6 Å². The van der Waals surface area contributed by atoms with Crippen molar-refractivity contribution in [2.75, 3.05) is 0 Å². The molecule has 0 aromatic rings. The Morgan fingerprint density at radius 3 is 2.47 bits per heavy atom. The van der Waals surface area contributed by atoms with Gasteiger partial charge < -0.3 is 0 Å². The summed E-state index contributed by atoms with van der Waals surface area (Å²) in [6.07, 6.45) is 3.84. The van der Waals surface area contributed by atoms with Crippen molar-refractivity contribution in [3.05, 3.63) is 10.2 Å². The summed E-state index contributed by atoms with van der Waals surface area (Å²) in [6.45, 7) is 8.93. The Labute approximate surface area is 111 Å². The molecule has 0 radical (unpaired) electrons. The number of Topliss-reactive ketones (excluding diaryl/α,β-unsaturated/α-hetero) is 1. The van der Waals surface area contributed by atoms with Crippen LogP contribution in [0, 0.1) is 17.8 Å². The average Bonchev–Trinajstić information content (AvgIpc) is 2.15. The summed E-state index contributed by atoms with van der Waals surface area (Å²) in [7, 11) is 0. The molecule has 0 heterocycles. The van der Waals surface area contributed by atoms with E-state index >= 15 is 0 Å². The van der Waals surface area contributed by atoms with Crippen LogP contribution in [0.3, 0.4) is 0 Å². The van der Waals surface area contributed by atoms with Gasteiger partial charge in [-0.3, -0.25) is 0 Å². The monoisotopic (exact) mass is 344 g/mol. The van der Waals surface area contributed by atoms with Crippen molar-refractivity contribution < 1.29 is 4.79 Å². The van der Waals surface area contributed by atoms with Gasteiger partial charge in [-0.15, -0.1) is 0 Å². The van der Waals surface area contributed by atoms with E-state index in [9.17, 15) is 4.79 Å². The number of hydrogen-bond acceptors (Lipinski definition) is 1. The minimum atomic E-state index is -1.96. The second-order valence-corrected chi connectivity index (χ2v) is 21.9. The topological polar surface area (TPSA) is 17.1 Å². The normalized spacial score (nSPS) is 26.4. The number of carbonyl (C=O) groups excluding carboxylic acids is 1. The molecule has 0 spiro atoms. The van der Waals surface area contributed by atoms with E-state index in [2.05, 4.69) is 35.2 Å². The van der Waals surface area contributed by atoms with Crippen LogP contribution in [0.2, 0.25) is 14.8 Å². The van der Waals surface area contributed by atoms with Gasteiger partial charge in [0.25, 0.3) is 0 Å². The van der Waals surface area contributed by atoms with Crippen molar-refractivity contribution in [3.8, 4) is 0 Å². The van der Waals surface area contributed by atoms with Crippen molar-refractivity contribution in [2.24, 2.45) is 17.8 Å². The van der Waals surface area contributed by atoms with Gasteiger partial charge in [-0.2, -0.15) is 0 Å². The summed E-state index contributed by atoms with van der Waals surface area (Å²) in [4.78, 5) is 18.9. The first-order chi connectivity index (χ1) is 7.71. The summed E-state index contributed by atoms with van der Waals surface area (Å²) < 4.78 is 1.50. The molecule has 0 aromatic heterocycles. The Hall–Kier alpha value is 0.209. The van der Waals surface area contributed by atoms with Gasteiger partial charge in [0.05, 0.1) is 0 Å². The molecule has 1 aliphatic rings. The molecule has 1 rings (SSSR count). The molecule has 1 nitrogen and oxygen atoms in total. The van der Waals surface area contributed by atoms with Gasteiger partial charge in [-0.25, -0.2) is 0 Å². The standard InChI is InChI=1S/C12H19O.3CH3.Sn/c1-4-5-10-8-11(13)6-7-12(10)9(2)3;;;;/h9-10,12H,1,5-8H2,2-3H3;3*1H3;/t10-,12+;;;;/m0..../s1. The molecule has 0 saturated heterocycles. The summed E-state index contributed by atoms with van der Waals surface area (Å²) in [5, 5.41) is 0. The van der Waals surface area contributed by atoms with Gasteiger partial charge in [0, 0.05) is 0 Å². The first kappa shape index (κ1) is 15.3. The van der Waals surface area contributed by atoms with Crippen molar-refractivity contribution in [1.82, 2.24) is 0 Å². The first-order valence-corrected chi connectivity index (χ1v) is 16.9. The van der Waals surface area contributed by atoms with E-state index in [0.717, 1.165) is 31.6 Å². The van der Waals surface area contributed by atoms with E-state index in [1.54, 1.807) is 0 Å². The van der Waals surface area contributed by atoms with Gasteiger partial charge in [-0.1, -0.05) is 0 Å². The molecule has 98 valence electrons. The van der Waals surface area contributed by atoms with Crippen LogP contribution < -0.4 is 0 Å². The van der Waals surface area contributed by atoms with Crippen molar-refractivity contribution in [1.29, 1.82) is 0 Å². The third-order valence-corrected chi connectivity index (χ3v) is 10.9. The zero-order valence-corrected chi connectivity index (χ0v) is 15.0. The predicted octanol–water partition coefficient (Wildman–Crippen LogP) is 4.45. The number of allylic oxidation sites excluding steroid dienone is 1. The molecule has 0 aliphatic heterocycles. The second-order valence-electron chi connectivity index (χ2n) is 7.01. The van der Waals surface area contributed by atoms with E-state index in [1.807, 2.05) is 0 Å². The third kappa shape index (κ3) is 4.42. The fourth-order valence-electron chi connectivity index (χ4n) is 2.83. The Bertz CT molecular complexity index is 299. The van der Waals surface area contributed by atoms with Crippen molar-refractivity contribution in [2.45, 2.75) is 54.3 Å². The van der Waals surface area contributed by atoms with Crippen LogP contribution in [0.5, 0.6) is 0 Å². The van der Waals surface area contributed by atoms with E-state index in [-0.39, 0.29) is 0 Å². The van der Waals surface area contributed by atoms with Crippen LogP contribution in [0.25, 0.3) is 0 Å². The van der Waals surface area contributed by atoms with Gasteiger partial charge in [0.2, 0.25) is 0 Å². The molecule has 0 bridgehead atoms. The molecule has 0 N–H and O–H groups in total. The van der Waals surface area contributed by atoms with Gasteiger partial charge in [-0.05, 0) is 0 Å². The summed E-state index contributed by atoms with van der Waals surface area (Å²) in [5.41, 5.74) is 0. The van der Waals surface area contributed by atoms with Crippen LogP contribution in [0.4, 0.5) is 0 Å². The molecule has 0 amide bonds. The number of ketones is 1. The second kappa shape index (κ2) is 5.90. The Morgan fingerprint density at radius 1 is 1.41 bits per heavy atom. The SMILES string of the molecule is C=[C](C[C@H]1CC(=O)CC[C@@H]1C(C)C)[Sn]([CH3])([CH3])[CH3]. The average molecular weight is 343 g/mol. The minimum absolute atomic E-state index is 0.476. The quantitative estimate of drug-likeness (QED) is 0.690. The zero-order valence-electron chi connectivity index (χ0n) is 12.2. The zero-order chi connectivity index (χ0) is 13.2. The van der Waals surface area contributed by atoms with E-state index < -0.39 is 18.4 Å². The molecular formula is C15H28OSn. The van der Waals surface area contributed by atoms with Crippen LogP contribution >= 0.6 is 0 Å². The summed E-state index contributed by atoms with van der Waals surface area (Å²) >= 11 is -1.96. The van der Waals surface area contributed by atoms with E-state index in [4.69, 9.17) is 0 Å². The van der Waals surface area contributed by atoms with Crippen LogP contribution in [0.15, 0.2) is 10.2 Å². The predicted molar refractivity (Wildman–Crippen MR) is 77.8 cm³/mol. The van der Waals surface area contributed by atoms with Gasteiger partial charge in [0.1, 0.15) is 0 Å². The molecule has 1 aliphatic carbocycles.